The van der Waals surface area contributed by atoms with Crippen molar-refractivity contribution in [3.05, 3.63) is 0 Å². The third-order valence-electron chi connectivity index (χ3n) is 6.59. The lowest BCUT2D eigenvalue weighted by Crippen LogP contribution is -2.54. The largest absolute Gasteiger partial charge is 0.270 e. The summed E-state index contributed by atoms with van der Waals surface area (Å²) in [5.74, 6) is 2.40. The van der Waals surface area contributed by atoms with Crippen LogP contribution in [0.15, 0.2) is 4.99 Å². The lowest BCUT2D eigenvalue weighted by molar-refractivity contribution is -0.135. The molecule has 1 heterocycles. The number of hydrogen-bond acceptors (Lipinski definition) is 3. The fourth-order valence-corrected chi connectivity index (χ4v) is 5.47. The number of hydrazine groups is 1. The highest BCUT2D eigenvalue weighted by atomic mass is 16.2. The van der Waals surface area contributed by atoms with Crippen LogP contribution < -0.4 is 5.43 Å². The maximum absolute atomic E-state index is 13.2. The van der Waals surface area contributed by atoms with Gasteiger partial charge < -0.3 is 0 Å². The third-order valence-corrected chi connectivity index (χ3v) is 6.59. The quantitative estimate of drug-likeness (QED) is 0.849. The van der Waals surface area contributed by atoms with Crippen molar-refractivity contribution in [3.63, 3.8) is 0 Å². The minimum absolute atomic E-state index is 0.255. The van der Waals surface area contributed by atoms with E-state index in [1.165, 1.54) is 64.2 Å². The zero-order chi connectivity index (χ0) is 15.2. The van der Waals surface area contributed by atoms with Crippen LogP contribution in [-0.4, -0.2) is 28.3 Å². The molecule has 4 nitrogen and oxygen atoms in total. The molecule has 22 heavy (non-hydrogen) atoms. The van der Waals surface area contributed by atoms with E-state index in [-0.39, 0.29) is 5.91 Å². The van der Waals surface area contributed by atoms with E-state index >= 15 is 0 Å². The minimum Gasteiger partial charge on any atom is -0.270 e. The van der Waals surface area contributed by atoms with Crippen LogP contribution in [-0.2, 0) is 4.79 Å². The third kappa shape index (κ3) is 2.22. The molecular formula is C18H29N3O. The first-order chi connectivity index (χ1) is 10.7. The predicted octanol–water partition coefficient (Wildman–Crippen LogP) is 3.42. The minimum atomic E-state index is -0.406. The number of aliphatic imine (C=N–C) groups is 1. The van der Waals surface area contributed by atoms with Crippen LogP contribution >= 0.6 is 0 Å². The summed E-state index contributed by atoms with van der Waals surface area (Å²) in [7, 11) is 0. The molecule has 0 aromatic rings. The average Bonchev–Trinajstić information content (AvgIpc) is 3.03. The highest BCUT2D eigenvalue weighted by molar-refractivity contribution is 6.07. The summed E-state index contributed by atoms with van der Waals surface area (Å²) in [6, 6.07) is 0.460. The van der Waals surface area contributed by atoms with E-state index in [0.29, 0.717) is 12.0 Å². The summed E-state index contributed by atoms with van der Waals surface area (Å²) < 4.78 is 0. The monoisotopic (exact) mass is 303 g/mol. The molecule has 4 rings (SSSR count). The number of hydrogen-bond donors (Lipinski definition) is 1. The van der Waals surface area contributed by atoms with Gasteiger partial charge in [0.15, 0.2) is 0 Å². The summed E-state index contributed by atoms with van der Waals surface area (Å²) >= 11 is 0. The predicted molar refractivity (Wildman–Crippen MR) is 87.4 cm³/mol. The van der Waals surface area contributed by atoms with Gasteiger partial charge in [0, 0.05) is 6.04 Å². The molecule has 3 unspecified atom stereocenters. The molecule has 3 saturated carbocycles. The molecule has 0 aromatic heterocycles. The molecule has 122 valence electrons. The molecule has 3 atom stereocenters. The summed E-state index contributed by atoms with van der Waals surface area (Å²) in [6.07, 6.45) is 13.6. The maximum atomic E-state index is 13.2. The molecule has 4 heteroatoms. The summed E-state index contributed by atoms with van der Waals surface area (Å²) in [6.45, 7) is 2.01. The van der Waals surface area contributed by atoms with Gasteiger partial charge in [0.25, 0.3) is 5.91 Å². The van der Waals surface area contributed by atoms with Gasteiger partial charge in [-0.05, 0) is 50.9 Å². The van der Waals surface area contributed by atoms with Gasteiger partial charge >= 0.3 is 0 Å². The summed E-state index contributed by atoms with van der Waals surface area (Å²) in [4.78, 5) is 18.2. The smallest absolute Gasteiger partial charge is 0.270 e. The number of carbonyl (C=O) groups is 1. The van der Waals surface area contributed by atoms with Gasteiger partial charge in [-0.1, -0.05) is 38.5 Å². The molecule has 1 aliphatic heterocycles. The molecular weight excluding hydrogens is 274 g/mol. The number of carbonyl (C=O) groups excluding carboxylic acids is 1. The first-order valence-electron chi connectivity index (χ1n) is 9.38. The van der Waals surface area contributed by atoms with Crippen LogP contribution in [0.1, 0.15) is 77.6 Å². The molecule has 1 amide bonds. The van der Waals surface area contributed by atoms with E-state index in [1.807, 2.05) is 11.9 Å². The second-order valence-corrected chi connectivity index (χ2v) is 7.88. The van der Waals surface area contributed by atoms with E-state index in [2.05, 4.69) is 5.43 Å². The molecule has 0 radical (unpaired) electrons. The van der Waals surface area contributed by atoms with Gasteiger partial charge in [-0.25, -0.2) is 10.4 Å². The lowest BCUT2D eigenvalue weighted by Gasteiger charge is -2.34. The van der Waals surface area contributed by atoms with Crippen molar-refractivity contribution in [1.29, 1.82) is 0 Å². The molecule has 4 aliphatic rings. The van der Waals surface area contributed by atoms with Gasteiger partial charge in [-0.3, -0.25) is 9.79 Å². The maximum Gasteiger partial charge on any atom is 0.270 e. The van der Waals surface area contributed by atoms with Gasteiger partial charge in [-0.15, -0.1) is 0 Å². The van der Waals surface area contributed by atoms with E-state index in [4.69, 9.17) is 4.99 Å². The molecule has 0 saturated heterocycles. The van der Waals surface area contributed by atoms with Crippen LogP contribution in [0.25, 0.3) is 0 Å². The van der Waals surface area contributed by atoms with Crippen molar-refractivity contribution in [2.24, 2.45) is 16.8 Å². The second kappa shape index (κ2) is 5.63. The number of nitrogens with zero attached hydrogens (tertiary/aromatic N) is 2. The topological polar surface area (TPSA) is 44.7 Å². The Balaban J connectivity index is 1.52. The van der Waals surface area contributed by atoms with Crippen molar-refractivity contribution in [2.45, 2.75) is 89.1 Å². The Hall–Kier alpha value is -0.900. The second-order valence-electron chi connectivity index (χ2n) is 7.88. The van der Waals surface area contributed by atoms with E-state index in [9.17, 15) is 4.79 Å². The Morgan fingerprint density at radius 1 is 1.05 bits per heavy atom. The van der Waals surface area contributed by atoms with Crippen LogP contribution in [0.4, 0.5) is 0 Å². The van der Waals surface area contributed by atoms with Crippen molar-refractivity contribution in [1.82, 2.24) is 10.4 Å². The fraction of sp³-hybridized carbons (Fsp3) is 0.889. The van der Waals surface area contributed by atoms with Gasteiger partial charge in [0.05, 0.1) is 0 Å². The van der Waals surface area contributed by atoms with Crippen molar-refractivity contribution in [3.8, 4) is 0 Å². The van der Waals surface area contributed by atoms with Crippen LogP contribution in [0.3, 0.4) is 0 Å². The van der Waals surface area contributed by atoms with Crippen molar-refractivity contribution < 1.29 is 4.79 Å². The number of fused-ring (bicyclic) bond motifs is 2. The Morgan fingerprint density at radius 3 is 2.59 bits per heavy atom. The lowest BCUT2D eigenvalue weighted by atomic mass is 9.74. The first-order valence-corrected chi connectivity index (χ1v) is 9.38. The average molecular weight is 303 g/mol. The normalized spacial score (nSPS) is 39.4. The SMILES string of the molecule is CC1=NC2(CCC3CCCCC32)C(=O)N1NC1CCCCC1. The standard InChI is InChI=1S/C18H29N3O/c1-13-19-18(12-11-14-7-5-6-10-16(14)18)17(22)21(13)20-15-8-3-2-4-9-15/h14-16,20H,2-12H2,1H3. The number of nitrogens with one attached hydrogen (secondary N) is 1. The molecule has 1 spiro atoms. The molecule has 1 N–H and O–H groups in total. The van der Waals surface area contributed by atoms with E-state index < -0.39 is 5.54 Å². The molecule has 0 aromatic carbocycles. The van der Waals surface area contributed by atoms with Crippen LogP contribution in [0, 0.1) is 11.8 Å². The number of amidine groups is 1. The van der Waals surface area contributed by atoms with Crippen molar-refractivity contribution >= 4 is 11.7 Å². The Labute approximate surface area is 133 Å². The van der Waals surface area contributed by atoms with E-state index in [1.54, 1.807) is 0 Å². The summed E-state index contributed by atoms with van der Waals surface area (Å²) in [5.41, 5.74) is 3.11. The highest BCUT2D eigenvalue weighted by Crippen LogP contribution is 2.52. The Bertz CT molecular complexity index is 483. The van der Waals surface area contributed by atoms with E-state index in [0.717, 1.165) is 18.2 Å². The fourth-order valence-electron chi connectivity index (χ4n) is 5.47. The van der Waals surface area contributed by atoms with Gasteiger partial charge in [0.2, 0.25) is 0 Å². The summed E-state index contributed by atoms with van der Waals surface area (Å²) in [5, 5.41) is 1.83. The molecule has 3 aliphatic carbocycles. The van der Waals surface area contributed by atoms with Crippen LogP contribution in [0.2, 0.25) is 0 Å². The highest BCUT2D eigenvalue weighted by Gasteiger charge is 2.58. The van der Waals surface area contributed by atoms with Crippen LogP contribution in [0.5, 0.6) is 0 Å². The van der Waals surface area contributed by atoms with Gasteiger partial charge in [0.1, 0.15) is 11.4 Å². The van der Waals surface area contributed by atoms with Crippen molar-refractivity contribution in [2.75, 3.05) is 0 Å². The number of rotatable bonds is 2. The van der Waals surface area contributed by atoms with Gasteiger partial charge in [-0.2, -0.15) is 0 Å². The zero-order valence-electron chi connectivity index (χ0n) is 13.8. The Morgan fingerprint density at radius 2 is 1.77 bits per heavy atom. The Kier molecular flexibility index (Phi) is 3.75. The molecule has 0 bridgehead atoms. The first kappa shape index (κ1) is 14.7. The zero-order valence-corrected chi connectivity index (χ0v) is 13.8. The molecule has 3 fully saturated rings. The number of amides is 1.